The minimum atomic E-state index is -0.823. The molecule has 1 aromatic heterocycles. The summed E-state index contributed by atoms with van der Waals surface area (Å²) < 4.78 is 4.66. The number of thiophene rings is 1. The van der Waals surface area contributed by atoms with Crippen LogP contribution in [0.3, 0.4) is 0 Å². The molecule has 5 heteroatoms. The van der Waals surface area contributed by atoms with E-state index in [2.05, 4.69) is 4.74 Å². The summed E-state index contributed by atoms with van der Waals surface area (Å²) in [7, 11) is 1.26. The van der Waals surface area contributed by atoms with Crippen LogP contribution < -0.4 is 0 Å². The Morgan fingerprint density at radius 1 is 1.47 bits per heavy atom. The molecule has 1 saturated carbocycles. The van der Waals surface area contributed by atoms with Gasteiger partial charge in [-0.1, -0.05) is 6.07 Å². The van der Waals surface area contributed by atoms with Gasteiger partial charge in [-0.3, -0.25) is 14.4 Å². The maximum Gasteiger partial charge on any atom is 0.316 e. The van der Waals surface area contributed by atoms with Gasteiger partial charge in [-0.2, -0.15) is 0 Å². The number of hydrogen-bond acceptors (Lipinski definition) is 5. The van der Waals surface area contributed by atoms with Crippen LogP contribution in [0.5, 0.6) is 0 Å². The summed E-state index contributed by atoms with van der Waals surface area (Å²) in [5.41, 5.74) is 0. The first-order valence-electron chi connectivity index (χ1n) is 5.29. The molecule has 0 radical (unpaired) electrons. The van der Waals surface area contributed by atoms with Crippen molar-refractivity contribution in [1.82, 2.24) is 0 Å². The average molecular weight is 252 g/mol. The van der Waals surface area contributed by atoms with Crippen molar-refractivity contribution < 1.29 is 19.1 Å². The third kappa shape index (κ3) is 2.29. The van der Waals surface area contributed by atoms with Crippen LogP contribution in [0.1, 0.15) is 23.6 Å². The topological polar surface area (TPSA) is 60.4 Å². The van der Waals surface area contributed by atoms with Gasteiger partial charge >= 0.3 is 5.97 Å². The molecule has 1 heterocycles. The Kier molecular flexibility index (Phi) is 3.38. The highest BCUT2D eigenvalue weighted by Crippen LogP contribution is 2.37. The first-order valence-corrected chi connectivity index (χ1v) is 6.17. The predicted molar refractivity (Wildman–Crippen MR) is 61.8 cm³/mol. The van der Waals surface area contributed by atoms with Gasteiger partial charge < -0.3 is 4.74 Å². The molecule has 1 aliphatic rings. The van der Waals surface area contributed by atoms with Crippen molar-refractivity contribution in [1.29, 1.82) is 0 Å². The number of Topliss-reactive ketones (excluding diaryl/α,β-unsaturated/α-hetero) is 2. The zero-order valence-corrected chi connectivity index (χ0v) is 10.2. The summed E-state index contributed by atoms with van der Waals surface area (Å²) in [5.74, 6) is -2.14. The van der Waals surface area contributed by atoms with Crippen molar-refractivity contribution in [3.8, 4) is 0 Å². The molecule has 0 bridgehead atoms. The number of ketones is 2. The molecular formula is C12H12O4S. The second kappa shape index (κ2) is 4.79. The molecule has 1 aromatic rings. The summed E-state index contributed by atoms with van der Waals surface area (Å²) in [5, 5.41) is 1.87. The van der Waals surface area contributed by atoms with E-state index in [0.29, 0.717) is 0 Å². The Morgan fingerprint density at radius 2 is 2.24 bits per heavy atom. The fourth-order valence-corrected chi connectivity index (χ4v) is 3.02. The van der Waals surface area contributed by atoms with Crippen molar-refractivity contribution >= 4 is 28.9 Å². The largest absolute Gasteiger partial charge is 0.468 e. The molecule has 1 aliphatic carbocycles. The number of carbonyl (C=O) groups excluding carboxylic acids is 3. The van der Waals surface area contributed by atoms with E-state index in [1.54, 1.807) is 0 Å². The lowest BCUT2D eigenvalue weighted by Crippen LogP contribution is -2.37. The minimum absolute atomic E-state index is 0.103. The summed E-state index contributed by atoms with van der Waals surface area (Å²) in [6.45, 7) is 0. The number of esters is 1. The van der Waals surface area contributed by atoms with E-state index in [4.69, 9.17) is 0 Å². The second-order valence-electron chi connectivity index (χ2n) is 4.01. The Bertz CT molecular complexity index is 449. The monoisotopic (exact) mass is 252 g/mol. The first kappa shape index (κ1) is 12.0. The summed E-state index contributed by atoms with van der Waals surface area (Å²) in [6, 6.07) is 3.69. The number of methoxy groups -OCH3 is 1. The third-order valence-electron chi connectivity index (χ3n) is 2.93. The van der Waals surface area contributed by atoms with Crippen LogP contribution in [-0.4, -0.2) is 24.6 Å². The van der Waals surface area contributed by atoms with Crippen LogP contribution in [-0.2, 0) is 19.1 Å². The van der Waals surface area contributed by atoms with Gasteiger partial charge in [0.2, 0.25) is 0 Å². The zero-order valence-electron chi connectivity index (χ0n) is 9.34. The molecule has 0 N–H and O–H groups in total. The Hall–Kier alpha value is -1.49. The molecule has 0 amide bonds. The normalized spacial score (nSPS) is 24.8. The molecule has 2 rings (SSSR count). The van der Waals surface area contributed by atoms with E-state index in [1.165, 1.54) is 18.4 Å². The van der Waals surface area contributed by atoms with Crippen LogP contribution in [0.4, 0.5) is 0 Å². The highest BCUT2D eigenvalue weighted by Gasteiger charge is 2.42. The lowest BCUT2D eigenvalue weighted by molar-refractivity contribution is -0.152. The molecular weight excluding hydrogens is 240 g/mol. The van der Waals surface area contributed by atoms with Gasteiger partial charge in [-0.25, -0.2) is 0 Å². The Balaban J connectivity index is 2.34. The molecule has 2 atom stereocenters. The Morgan fingerprint density at radius 3 is 2.82 bits per heavy atom. The molecule has 0 saturated heterocycles. The van der Waals surface area contributed by atoms with Gasteiger partial charge in [-0.05, 0) is 11.4 Å². The maximum absolute atomic E-state index is 11.8. The summed E-state index contributed by atoms with van der Waals surface area (Å²) >= 11 is 1.45. The number of carbonyl (C=O) groups is 3. The van der Waals surface area contributed by atoms with Gasteiger partial charge in [0.1, 0.15) is 11.7 Å². The van der Waals surface area contributed by atoms with Crippen LogP contribution in [0.15, 0.2) is 17.5 Å². The standard InChI is InChI=1S/C12H12O4S/c1-16-12(15)11-8(10-3-2-4-17-10)5-7(13)6-9(11)14/h2-4,8,11H,5-6H2,1H3/t8-,11+/m1/s1. The van der Waals surface area contributed by atoms with E-state index in [0.717, 1.165) is 4.88 Å². The number of ether oxygens (including phenoxy) is 1. The lowest BCUT2D eigenvalue weighted by Gasteiger charge is -2.26. The van der Waals surface area contributed by atoms with E-state index in [9.17, 15) is 14.4 Å². The predicted octanol–water partition coefficient (Wildman–Crippen LogP) is 1.55. The fraction of sp³-hybridized carbons (Fsp3) is 0.417. The molecule has 0 aromatic carbocycles. The molecule has 1 fully saturated rings. The Labute approximate surface area is 103 Å². The van der Waals surface area contributed by atoms with Gasteiger partial charge in [0.25, 0.3) is 0 Å². The van der Waals surface area contributed by atoms with Crippen LogP contribution in [0.2, 0.25) is 0 Å². The second-order valence-corrected chi connectivity index (χ2v) is 4.99. The molecule has 17 heavy (non-hydrogen) atoms. The SMILES string of the molecule is COC(=O)[C@@H]1C(=O)CC(=O)C[C@@H]1c1cccs1. The van der Waals surface area contributed by atoms with Crippen molar-refractivity contribution in [2.45, 2.75) is 18.8 Å². The van der Waals surface area contributed by atoms with Crippen LogP contribution in [0.25, 0.3) is 0 Å². The first-order chi connectivity index (χ1) is 8.13. The lowest BCUT2D eigenvalue weighted by atomic mass is 9.77. The van der Waals surface area contributed by atoms with E-state index in [1.807, 2.05) is 17.5 Å². The van der Waals surface area contributed by atoms with Gasteiger partial charge in [-0.15, -0.1) is 11.3 Å². The smallest absolute Gasteiger partial charge is 0.316 e. The molecule has 0 unspecified atom stereocenters. The van der Waals surface area contributed by atoms with E-state index in [-0.39, 0.29) is 30.3 Å². The number of hydrogen-bond donors (Lipinski definition) is 0. The summed E-state index contributed by atoms with van der Waals surface area (Å²) in [4.78, 5) is 35.8. The van der Waals surface area contributed by atoms with Gasteiger partial charge in [0.05, 0.1) is 13.5 Å². The van der Waals surface area contributed by atoms with Crippen molar-refractivity contribution in [2.24, 2.45) is 5.92 Å². The molecule has 90 valence electrons. The minimum Gasteiger partial charge on any atom is -0.468 e. The zero-order chi connectivity index (χ0) is 12.4. The highest BCUT2D eigenvalue weighted by molar-refractivity contribution is 7.10. The van der Waals surface area contributed by atoms with Crippen LogP contribution >= 0.6 is 11.3 Å². The summed E-state index contributed by atoms with van der Waals surface area (Å²) in [6.07, 6.45) is 0.0909. The molecule has 0 spiro atoms. The van der Waals surface area contributed by atoms with Crippen molar-refractivity contribution in [2.75, 3.05) is 7.11 Å². The highest BCUT2D eigenvalue weighted by atomic mass is 32.1. The third-order valence-corrected chi connectivity index (χ3v) is 3.94. The maximum atomic E-state index is 11.8. The van der Waals surface area contributed by atoms with Gasteiger partial charge in [0, 0.05) is 17.2 Å². The van der Waals surface area contributed by atoms with Crippen molar-refractivity contribution in [3.63, 3.8) is 0 Å². The molecule has 0 aliphatic heterocycles. The van der Waals surface area contributed by atoms with E-state index < -0.39 is 11.9 Å². The fourth-order valence-electron chi connectivity index (χ4n) is 2.15. The van der Waals surface area contributed by atoms with E-state index >= 15 is 0 Å². The number of rotatable bonds is 2. The average Bonchev–Trinajstić information content (AvgIpc) is 2.80. The van der Waals surface area contributed by atoms with Crippen LogP contribution in [0, 0.1) is 5.92 Å². The quantitative estimate of drug-likeness (QED) is 0.592. The van der Waals surface area contributed by atoms with Crippen molar-refractivity contribution in [3.05, 3.63) is 22.4 Å². The molecule has 4 nitrogen and oxygen atoms in total. The van der Waals surface area contributed by atoms with Gasteiger partial charge in [0.15, 0.2) is 5.78 Å².